The molecule has 2 nitrogen and oxygen atoms in total. The zero-order chi connectivity index (χ0) is 22.5. The molecule has 4 rings (SSSR count). The summed E-state index contributed by atoms with van der Waals surface area (Å²) < 4.78 is 20.1. The van der Waals surface area contributed by atoms with Crippen molar-refractivity contribution in [3.8, 4) is 5.75 Å². The minimum absolute atomic E-state index is 0.0327. The topological polar surface area (TPSA) is 26.3 Å². The zero-order valence-electron chi connectivity index (χ0n) is 19.4. The fourth-order valence-electron chi connectivity index (χ4n) is 6.82. The SMILES string of the molecule is C=CCCc1ccc(OC(=O)C2CCCC3CC(C4CCC(C=C)CC4)CCC32)cc1F. The number of aryl methyl sites for hydroxylation is 1. The molecule has 3 aliphatic rings. The van der Waals surface area contributed by atoms with Gasteiger partial charge in [-0.1, -0.05) is 31.1 Å². The molecule has 3 saturated carbocycles. The van der Waals surface area contributed by atoms with Crippen molar-refractivity contribution in [3.05, 3.63) is 54.9 Å². The number of esters is 1. The highest BCUT2D eigenvalue weighted by atomic mass is 19.1. The number of carbonyl (C=O) groups is 1. The maximum absolute atomic E-state index is 14.4. The van der Waals surface area contributed by atoms with Crippen molar-refractivity contribution in [2.75, 3.05) is 0 Å². The lowest BCUT2D eigenvalue weighted by molar-refractivity contribution is -0.144. The van der Waals surface area contributed by atoms with E-state index in [0.29, 0.717) is 29.6 Å². The van der Waals surface area contributed by atoms with E-state index in [4.69, 9.17) is 4.74 Å². The molecule has 0 radical (unpaired) electrons. The van der Waals surface area contributed by atoms with Gasteiger partial charge in [0.05, 0.1) is 5.92 Å². The summed E-state index contributed by atoms with van der Waals surface area (Å²) >= 11 is 0. The number of carbonyl (C=O) groups excluding carboxylic acids is 1. The number of allylic oxidation sites excluding steroid dienone is 2. The Hall–Kier alpha value is -1.90. The Morgan fingerprint density at radius 3 is 2.50 bits per heavy atom. The van der Waals surface area contributed by atoms with Gasteiger partial charge in [0, 0.05) is 6.07 Å². The van der Waals surface area contributed by atoms with Crippen LogP contribution in [-0.4, -0.2) is 5.97 Å². The molecular weight excluding hydrogens is 399 g/mol. The molecule has 32 heavy (non-hydrogen) atoms. The van der Waals surface area contributed by atoms with E-state index in [1.54, 1.807) is 18.2 Å². The first-order chi connectivity index (χ1) is 15.6. The van der Waals surface area contributed by atoms with Gasteiger partial charge in [0.2, 0.25) is 0 Å². The van der Waals surface area contributed by atoms with Crippen LogP contribution >= 0.6 is 0 Å². The van der Waals surface area contributed by atoms with Gasteiger partial charge in [0.15, 0.2) is 0 Å². The van der Waals surface area contributed by atoms with Crippen LogP contribution in [0.5, 0.6) is 5.75 Å². The molecule has 0 bridgehead atoms. The predicted molar refractivity (Wildman–Crippen MR) is 128 cm³/mol. The van der Waals surface area contributed by atoms with Gasteiger partial charge in [-0.15, -0.1) is 13.2 Å². The quantitative estimate of drug-likeness (QED) is 0.248. The molecule has 0 saturated heterocycles. The fraction of sp³-hybridized carbons (Fsp3) is 0.621. The highest BCUT2D eigenvalue weighted by molar-refractivity contribution is 5.75. The third-order valence-electron chi connectivity index (χ3n) is 8.67. The molecule has 1 aromatic carbocycles. The van der Waals surface area contributed by atoms with Gasteiger partial charge in [0.1, 0.15) is 11.6 Å². The Kier molecular flexibility index (Phi) is 7.86. The molecule has 0 spiro atoms. The second-order valence-corrected chi connectivity index (χ2v) is 10.4. The van der Waals surface area contributed by atoms with Crippen LogP contribution in [0.3, 0.4) is 0 Å². The van der Waals surface area contributed by atoms with Crippen LogP contribution in [-0.2, 0) is 11.2 Å². The minimum atomic E-state index is -0.301. The Balaban J connectivity index is 1.34. The van der Waals surface area contributed by atoms with Crippen LogP contribution in [0.2, 0.25) is 0 Å². The lowest BCUT2D eigenvalue weighted by Gasteiger charge is -2.45. The molecule has 0 N–H and O–H groups in total. The number of halogens is 1. The molecule has 4 atom stereocenters. The van der Waals surface area contributed by atoms with Crippen molar-refractivity contribution in [1.82, 2.24) is 0 Å². The first kappa shape index (κ1) is 23.3. The molecular formula is C29H39FO2. The molecule has 3 fully saturated rings. The average Bonchev–Trinajstić information content (AvgIpc) is 2.83. The highest BCUT2D eigenvalue weighted by Gasteiger charge is 2.43. The summed E-state index contributed by atoms with van der Waals surface area (Å²) in [6.07, 6.45) is 17.5. The lowest BCUT2D eigenvalue weighted by atomic mass is 9.59. The van der Waals surface area contributed by atoms with E-state index in [2.05, 4.69) is 19.2 Å². The first-order valence-corrected chi connectivity index (χ1v) is 12.8. The largest absolute Gasteiger partial charge is 0.426 e. The molecule has 1 aromatic rings. The standard InChI is InChI=1S/C29H39FO2/c1-3-5-7-22-14-16-25(19-28(22)30)32-29(31)27-9-6-8-24-18-23(15-17-26(24)27)21-12-10-20(4-2)11-13-21/h3-4,14,16,19-21,23-24,26-27H,1-2,5-13,15,17-18H2. The van der Waals surface area contributed by atoms with E-state index in [0.717, 1.165) is 43.4 Å². The maximum Gasteiger partial charge on any atom is 0.314 e. The maximum atomic E-state index is 14.4. The summed E-state index contributed by atoms with van der Waals surface area (Å²) in [5.41, 5.74) is 0.642. The smallest absolute Gasteiger partial charge is 0.314 e. The van der Waals surface area contributed by atoms with Crippen molar-refractivity contribution in [2.45, 2.75) is 77.0 Å². The van der Waals surface area contributed by atoms with E-state index in [1.807, 2.05) is 0 Å². The van der Waals surface area contributed by atoms with Crippen LogP contribution in [0, 0.1) is 41.3 Å². The van der Waals surface area contributed by atoms with Gasteiger partial charge in [0.25, 0.3) is 0 Å². The van der Waals surface area contributed by atoms with Gasteiger partial charge < -0.3 is 4.74 Å². The van der Waals surface area contributed by atoms with E-state index < -0.39 is 0 Å². The molecule has 4 unspecified atom stereocenters. The third kappa shape index (κ3) is 5.35. The Labute approximate surface area is 193 Å². The predicted octanol–water partition coefficient (Wildman–Crippen LogP) is 7.67. The van der Waals surface area contributed by atoms with Gasteiger partial charge in [-0.2, -0.15) is 0 Å². The number of hydrogen-bond donors (Lipinski definition) is 0. The number of ether oxygens (including phenoxy) is 1. The van der Waals surface area contributed by atoms with Crippen molar-refractivity contribution in [2.24, 2.45) is 35.5 Å². The van der Waals surface area contributed by atoms with Crippen LogP contribution < -0.4 is 4.74 Å². The highest BCUT2D eigenvalue weighted by Crippen LogP contribution is 2.50. The normalized spacial score (nSPS) is 32.5. The zero-order valence-corrected chi connectivity index (χ0v) is 19.4. The van der Waals surface area contributed by atoms with Crippen LogP contribution in [0.1, 0.15) is 76.2 Å². The van der Waals surface area contributed by atoms with Crippen molar-refractivity contribution in [3.63, 3.8) is 0 Å². The molecule has 0 aliphatic heterocycles. The molecule has 174 valence electrons. The monoisotopic (exact) mass is 438 g/mol. The van der Waals surface area contributed by atoms with E-state index >= 15 is 0 Å². The second kappa shape index (κ2) is 10.8. The minimum Gasteiger partial charge on any atom is -0.426 e. The Morgan fingerprint density at radius 2 is 1.78 bits per heavy atom. The summed E-state index contributed by atoms with van der Waals surface area (Å²) in [6, 6.07) is 4.83. The van der Waals surface area contributed by atoms with Crippen LogP contribution in [0.15, 0.2) is 43.5 Å². The number of rotatable bonds is 7. The summed E-state index contributed by atoms with van der Waals surface area (Å²) in [5, 5.41) is 0. The summed E-state index contributed by atoms with van der Waals surface area (Å²) in [6.45, 7) is 7.67. The van der Waals surface area contributed by atoms with Gasteiger partial charge in [-0.3, -0.25) is 4.79 Å². The molecule has 3 aliphatic carbocycles. The molecule has 0 heterocycles. The number of hydrogen-bond acceptors (Lipinski definition) is 2. The molecule has 0 amide bonds. The van der Waals surface area contributed by atoms with Crippen molar-refractivity contribution < 1.29 is 13.9 Å². The van der Waals surface area contributed by atoms with Crippen LogP contribution in [0.25, 0.3) is 0 Å². The second-order valence-electron chi connectivity index (χ2n) is 10.4. The average molecular weight is 439 g/mol. The number of fused-ring (bicyclic) bond motifs is 1. The summed E-state index contributed by atoms with van der Waals surface area (Å²) in [7, 11) is 0. The summed E-state index contributed by atoms with van der Waals surface area (Å²) in [4.78, 5) is 13.1. The van der Waals surface area contributed by atoms with Gasteiger partial charge >= 0.3 is 5.97 Å². The third-order valence-corrected chi connectivity index (χ3v) is 8.67. The number of benzene rings is 1. The Morgan fingerprint density at radius 1 is 1.00 bits per heavy atom. The van der Waals surface area contributed by atoms with Crippen molar-refractivity contribution >= 4 is 5.97 Å². The van der Waals surface area contributed by atoms with Crippen molar-refractivity contribution in [1.29, 1.82) is 0 Å². The lowest BCUT2D eigenvalue weighted by Crippen LogP contribution is -2.40. The fourth-order valence-corrected chi connectivity index (χ4v) is 6.82. The van der Waals surface area contributed by atoms with E-state index in [-0.39, 0.29) is 17.7 Å². The van der Waals surface area contributed by atoms with Crippen LogP contribution in [0.4, 0.5) is 4.39 Å². The molecule has 0 aromatic heterocycles. The molecule has 3 heteroatoms. The summed E-state index contributed by atoms with van der Waals surface area (Å²) in [5.74, 6) is 3.35. The van der Waals surface area contributed by atoms with E-state index in [9.17, 15) is 9.18 Å². The van der Waals surface area contributed by atoms with Gasteiger partial charge in [-0.05, 0) is 105 Å². The Bertz CT molecular complexity index is 807. The van der Waals surface area contributed by atoms with Gasteiger partial charge in [-0.25, -0.2) is 4.39 Å². The van der Waals surface area contributed by atoms with E-state index in [1.165, 1.54) is 51.0 Å². The first-order valence-electron chi connectivity index (χ1n) is 12.8.